The van der Waals surface area contributed by atoms with E-state index in [1.54, 1.807) is 0 Å². The Kier molecular flexibility index (Phi) is 11.5. The van der Waals surface area contributed by atoms with Gasteiger partial charge in [-0.15, -0.1) is 0 Å². The van der Waals surface area contributed by atoms with Gasteiger partial charge in [-0.2, -0.15) is 0 Å². The van der Waals surface area contributed by atoms with Crippen LogP contribution in [0.1, 0.15) is 37.8 Å². The summed E-state index contributed by atoms with van der Waals surface area (Å²) in [6, 6.07) is 91.0. The Labute approximate surface area is 483 Å². The van der Waals surface area contributed by atoms with Gasteiger partial charge >= 0.3 is 0 Å². The molecule has 4 nitrogen and oxygen atoms in total. The van der Waals surface area contributed by atoms with Crippen LogP contribution in [-0.2, 0) is 18.5 Å². The van der Waals surface area contributed by atoms with Crippen molar-refractivity contribution in [1.82, 2.24) is 9.13 Å². The summed E-state index contributed by atoms with van der Waals surface area (Å²) < 4.78 is 4.95. The van der Waals surface area contributed by atoms with Gasteiger partial charge in [-0.25, -0.2) is 0 Å². The number of hydrogen-bond acceptors (Lipinski definition) is 3. The Bertz CT molecular complexity index is 4340. The van der Waals surface area contributed by atoms with E-state index in [1.807, 2.05) is 11.8 Å². The van der Waals surface area contributed by atoms with Crippen molar-refractivity contribution in [3.8, 4) is 22.3 Å². The molecule has 0 saturated heterocycles. The Balaban J connectivity index is 0.871. The second-order valence-electron chi connectivity index (χ2n) is 22.5. The highest BCUT2D eigenvalue weighted by Gasteiger charge is 2.60. The maximum absolute atomic E-state index is 2.57. The quantitative estimate of drug-likeness (QED) is 0.136. The maximum Gasteiger partial charge on any atom is 0.0492 e. The van der Waals surface area contributed by atoms with Crippen LogP contribution in [0.5, 0.6) is 0 Å². The summed E-state index contributed by atoms with van der Waals surface area (Å²) in [5.74, 6) is 0.288. The van der Waals surface area contributed by atoms with E-state index in [0.29, 0.717) is 0 Å². The summed E-state index contributed by atoms with van der Waals surface area (Å²) in [5.41, 5.74) is 22.7. The highest BCUT2D eigenvalue weighted by atomic mass is 32.2. The van der Waals surface area contributed by atoms with Crippen LogP contribution in [-0.4, -0.2) is 9.13 Å². The summed E-state index contributed by atoms with van der Waals surface area (Å²) in [6.45, 7) is 6.31. The summed E-state index contributed by atoms with van der Waals surface area (Å²) in [5, 5.41) is 5.11. The molecular weight excluding hydrogens is 1010 g/mol. The molecule has 1 aliphatic heterocycles. The van der Waals surface area contributed by atoms with Gasteiger partial charge in [0, 0.05) is 118 Å². The molecule has 1 fully saturated rings. The molecule has 394 valence electrons. The second-order valence-corrected chi connectivity index (χ2v) is 23.5. The number of fused-ring (bicyclic) bond motifs is 15. The summed E-state index contributed by atoms with van der Waals surface area (Å²) >= 11 is 1.94. The lowest BCUT2D eigenvalue weighted by Crippen LogP contribution is -2.43. The molecule has 16 rings (SSSR count). The van der Waals surface area contributed by atoms with Crippen LogP contribution < -0.4 is 9.80 Å². The first-order chi connectivity index (χ1) is 40.6. The molecule has 0 bridgehead atoms. The van der Waals surface area contributed by atoms with Gasteiger partial charge in [-0.3, -0.25) is 0 Å². The number of benzene rings is 10. The van der Waals surface area contributed by atoms with Crippen LogP contribution >= 0.6 is 11.8 Å². The Morgan fingerprint density at radius 2 is 0.732 bits per heavy atom. The predicted octanol–water partition coefficient (Wildman–Crippen LogP) is 20.4. The van der Waals surface area contributed by atoms with Crippen molar-refractivity contribution in [2.24, 2.45) is 11.8 Å². The topological polar surface area (TPSA) is 16.3 Å². The van der Waals surface area contributed by atoms with Crippen molar-refractivity contribution < 1.29 is 0 Å². The van der Waals surface area contributed by atoms with Gasteiger partial charge in [0.25, 0.3) is 0 Å². The van der Waals surface area contributed by atoms with E-state index in [2.05, 4.69) is 300 Å². The molecule has 1 spiro atoms. The molecule has 0 radical (unpaired) electrons. The number of para-hydroxylation sites is 2. The van der Waals surface area contributed by atoms with Crippen molar-refractivity contribution in [1.29, 1.82) is 0 Å². The third-order valence-electron chi connectivity index (χ3n) is 18.5. The van der Waals surface area contributed by atoms with Crippen LogP contribution in [0.3, 0.4) is 0 Å². The minimum Gasteiger partial charge on any atom is -0.341 e. The van der Waals surface area contributed by atoms with Crippen molar-refractivity contribution in [2.75, 3.05) is 9.80 Å². The molecular formula is C77H60N4S. The molecule has 2 aromatic heterocycles. The Hall–Kier alpha value is -9.29. The van der Waals surface area contributed by atoms with E-state index >= 15 is 0 Å². The van der Waals surface area contributed by atoms with E-state index < -0.39 is 0 Å². The lowest BCUT2D eigenvalue weighted by molar-refractivity contribution is 0.302. The zero-order valence-corrected chi connectivity index (χ0v) is 46.9. The van der Waals surface area contributed by atoms with E-state index in [0.717, 1.165) is 37.3 Å². The highest BCUT2D eigenvalue weighted by Crippen LogP contribution is 2.68. The number of hydrogen-bond donors (Lipinski definition) is 0. The van der Waals surface area contributed by atoms with Gasteiger partial charge in [-0.1, -0.05) is 170 Å². The first-order valence-corrected chi connectivity index (χ1v) is 30.0. The first kappa shape index (κ1) is 48.6. The highest BCUT2D eigenvalue weighted by molar-refractivity contribution is 7.99. The van der Waals surface area contributed by atoms with Crippen molar-refractivity contribution in [3.63, 3.8) is 0 Å². The van der Waals surface area contributed by atoms with E-state index in [9.17, 15) is 0 Å². The number of anilines is 4. The molecule has 12 aromatic rings. The summed E-state index contributed by atoms with van der Waals surface area (Å²) in [7, 11) is 0. The zero-order chi connectivity index (χ0) is 54.5. The van der Waals surface area contributed by atoms with Crippen molar-refractivity contribution in [3.05, 3.63) is 301 Å². The molecule has 10 aromatic carbocycles. The third-order valence-corrected chi connectivity index (χ3v) is 19.6. The first-order valence-electron chi connectivity index (χ1n) is 29.2. The van der Waals surface area contributed by atoms with Gasteiger partial charge in [0.1, 0.15) is 0 Å². The molecule has 0 amide bonds. The molecule has 82 heavy (non-hydrogen) atoms. The standard InChI is InChI=1S/C77H60N4S/c1-3-78-71-41-33-53(51-21-9-5-10-22-51)45-63(71)65-47-57(37-43-73(65)78)80(55-25-13-7-14-26-55)59-35-39-61-62-40-36-60(50-70(62)77(69(61)49-59)67-29-17-19-31-75(67)82-76-32-20-18-30-68(76)77)81(56-27-15-8-16-28-56)58-38-44-74-66(48-58)64-46-54(52-23-11-6-12-24-52)34-42-72(64)79(74)4-2/h5-48,69-70H,3-4,49-50H2,1-2H3. The molecule has 5 heteroatoms. The smallest absolute Gasteiger partial charge is 0.0492 e. The SMILES string of the molecule is CCn1c2ccc(-c3ccccc3)cc2c2cc(N(C3=CC=C4C5=CC=C(N(c6ccccc6)c6ccc7c(c6)c6cc(-c8ccccc8)ccc6n7CC)CC5C5(c6ccccc6Sc6ccccc65)C4C3)c3ccccc3)ccc21. The van der Waals surface area contributed by atoms with Crippen LogP contribution in [0.25, 0.3) is 65.9 Å². The zero-order valence-electron chi connectivity index (χ0n) is 46.1. The summed E-state index contributed by atoms with van der Waals surface area (Å²) in [6.07, 6.45) is 11.7. The Morgan fingerprint density at radius 1 is 0.366 bits per heavy atom. The van der Waals surface area contributed by atoms with Gasteiger partial charge in [-0.05, 0) is 180 Å². The fraction of sp³-hybridized carbons (Fsp3) is 0.117. The molecule has 3 heterocycles. The van der Waals surface area contributed by atoms with Crippen molar-refractivity contribution >= 4 is 78.1 Å². The van der Waals surface area contributed by atoms with Crippen LogP contribution in [0.15, 0.2) is 299 Å². The Morgan fingerprint density at radius 3 is 1.15 bits per heavy atom. The minimum atomic E-state index is -0.376. The minimum absolute atomic E-state index is 0.144. The maximum atomic E-state index is 2.57. The molecule has 0 N–H and O–H groups in total. The average Bonchev–Trinajstić information content (AvgIpc) is 3.14. The largest absolute Gasteiger partial charge is 0.341 e. The second kappa shape index (κ2) is 19.5. The fourth-order valence-electron chi connectivity index (χ4n) is 15.0. The van der Waals surface area contributed by atoms with E-state index in [4.69, 9.17) is 0 Å². The van der Waals surface area contributed by atoms with Crippen LogP contribution in [0.4, 0.5) is 22.7 Å². The fourth-order valence-corrected chi connectivity index (χ4v) is 16.3. The summed E-state index contributed by atoms with van der Waals surface area (Å²) in [4.78, 5) is 7.85. The normalized spacial score (nSPS) is 16.8. The molecule has 2 atom stereocenters. The number of nitrogens with zero attached hydrogens (tertiary/aromatic N) is 4. The van der Waals surface area contributed by atoms with Gasteiger partial charge < -0.3 is 18.9 Å². The number of aryl methyl sites for hydroxylation is 2. The molecule has 3 aliphatic carbocycles. The third kappa shape index (κ3) is 7.45. The van der Waals surface area contributed by atoms with Gasteiger partial charge in [0.2, 0.25) is 0 Å². The molecule has 4 aliphatic rings. The number of allylic oxidation sites excluding steroid dienone is 8. The number of rotatable bonds is 10. The van der Waals surface area contributed by atoms with Crippen LogP contribution in [0.2, 0.25) is 0 Å². The van der Waals surface area contributed by atoms with E-state index in [-0.39, 0.29) is 17.3 Å². The van der Waals surface area contributed by atoms with Gasteiger partial charge in [0.05, 0.1) is 0 Å². The van der Waals surface area contributed by atoms with Crippen molar-refractivity contribution in [2.45, 2.75) is 55.0 Å². The monoisotopic (exact) mass is 1070 g/mol. The molecule has 1 saturated carbocycles. The van der Waals surface area contributed by atoms with Gasteiger partial charge in [0.15, 0.2) is 0 Å². The lowest BCUT2D eigenvalue weighted by atomic mass is 9.59. The van der Waals surface area contributed by atoms with Crippen LogP contribution in [0, 0.1) is 11.8 Å². The lowest BCUT2D eigenvalue weighted by Gasteiger charge is -2.48. The molecule has 2 unspecified atom stereocenters. The predicted molar refractivity (Wildman–Crippen MR) is 345 cm³/mol. The number of aromatic nitrogens is 2. The average molecular weight is 1070 g/mol. The van der Waals surface area contributed by atoms with E-state index in [1.165, 1.54) is 121 Å².